The number of anilines is 1. The summed E-state index contributed by atoms with van der Waals surface area (Å²) in [6.07, 6.45) is 3.26. The molecule has 18 heavy (non-hydrogen) atoms. The third-order valence-electron chi connectivity index (χ3n) is 2.03. The van der Waals surface area contributed by atoms with E-state index in [0.29, 0.717) is 10.8 Å². The monoisotopic (exact) mass is 261 g/mol. The first kappa shape index (κ1) is 12.4. The first-order valence-corrected chi connectivity index (χ1v) is 6.21. The standard InChI is InChI=1S/C12H11N3O2S/c16-10-4-2-9(3-5-10)15-11(17)8-18-12-13-6-1-7-14-12/h1-7,16H,8H2,(H,15,17). The molecule has 2 rings (SSSR count). The molecule has 2 N–H and O–H groups in total. The summed E-state index contributed by atoms with van der Waals surface area (Å²) < 4.78 is 0. The molecule has 1 heterocycles. The quantitative estimate of drug-likeness (QED) is 0.499. The SMILES string of the molecule is O=C(CSc1ncccn1)Nc1ccc(O)cc1. The summed E-state index contributed by atoms with van der Waals surface area (Å²) in [4.78, 5) is 19.6. The molecular formula is C12H11N3O2S. The molecule has 6 heteroatoms. The van der Waals surface area contributed by atoms with Crippen LogP contribution in [0.4, 0.5) is 5.69 Å². The van der Waals surface area contributed by atoms with Gasteiger partial charge >= 0.3 is 0 Å². The van der Waals surface area contributed by atoms with Crippen LogP contribution in [0.5, 0.6) is 5.75 Å². The van der Waals surface area contributed by atoms with Crippen LogP contribution in [0.15, 0.2) is 47.9 Å². The molecule has 0 aliphatic heterocycles. The lowest BCUT2D eigenvalue weighted by Crippen LogP contribution is -2.14. The minimum Gasteiger partial charge on any atom is -0.508 e. The summed E-state index contributed by atoms with van der Waals surface area (Å²) in [7, 11) is 0. The number of rotatable bonds is 4. The van der Waals surface area contributed by atoms with Crippen molar-refractivity contribution in [1.82, 2.24) is 9.97 Å². The topological polar surface area (TPSA) is 75.1 Å². The van der Waals surface area contributed by atoms with Crippen molar-refractivity contribution in [2.75, 3.05) is 11.1 Å². The third-order valence-corrected chi connectivity index (χ3v) is 2.90. The average Bonchev–Trinajstić information content (AvgIpc) is 2.40. The highest BCUT2D eigenvalue weighted by Gasteiger charge is 2.04. The lowest BCUT2D eigenvalue weighted by atomic mass is 10.3. The van der Waals surface area contributed by atoms with Crippen LogP contribution in [0.25, 0.3) is 0 Å². The molecule has 5 nitrogen and oxygen atoms in total. The third kappa shape index (κ3) is 3.74. The van der Waals surface area contributed by atoms with Gasteiger partial charge in [0.15, 0.2) is 5.16 Å². The van der Waals surface area contributed by atoms with E-state index in [1.54, 1.807) is 30.6 Å². The number of carbonyl (C=O) groups excluding carboxylic acids is 1. The van der Waals surface area contributed by atoms with Crippen molar-refractivity contribution in [3.63, 3.8) is 0 Å². The second-order valence-corrected chi connectivity index (χ2v) is 4.36. The van der Waals surface area contributed by atoms with Gasteiger partial charge in [0.25, 0.3) is 0 Å². The molecule has 0 spiro atoms. The number of phenolic OH excluding ortho intramolecular Hbond substituents is 1. The number of phenols is 1. The number of carbonyl (C=O) groups is 1. The average molecular weight is 261 g/mol. The van der Waals surface area contributed by atoms with Crippen LogP contribution in [0.1, 0.15) is 0 Å². The van der Waals surface area contributed by atoms with E-state index in [-0.39, 0.29) is 17.4 Å². The minimum atomic E-state index is -0.141. The molecule has 0 fully saturated rings. The molecule has 0 unspecified atom stereocenters. The van der Waals surface area contributed by atoms with Gasteiger partial charge in [-0.15, -0.1) is 0 Å². The van der Waals surface area contributed by atoms with E-state index in [1.807, 2.05) is 0 Å². The van der Waals surface area contributed by atoms with Gasteiger partial charge in [-0.3, -0.25) is 4.79 Å². The lowest BCUT2D eigenvalue weighted by molar-refractivity contribution is -0.113. The number of nitrogens with zero attached hydrogens (tertiary/aromatic N) is 2. The van der Waals surface area contributed by atoms with E-state index >= 15 is 0 Å². The minimum absolute atomic E-state index is 0.141. The fourth-order valence-electron chi connectivity index (χ4n) is 1.23. The van der Waals surface area contributed by atoms with E-state index in [2.05, 4.69) is 15.3 Å². The number of thioether (sulfide) groups is 1. The highest BCUT2D eigenvalue weighted by molar-refractivity contribution is 7.99. The zero-order valence-electron chi connectivity index (χ0n) is 9.41. The molecule has 2 aromatic rings. The number of benzene rings is 1. The summed E-state index contributed by atoms with van der Waals surface area (Å²) in [6, 6.07) is 8.03. The van der Waals surface area contributed by atoms with Crippen LogP contribution >= 0.6 is 11.8 Å². The Morgan fingerprint density at radius 2 is 1.89 bits per heavy atom. The van der Waals surface area contributed by atoms with Gasteiger partial charge < -0.3 is 10.4 Å². The molecule has 0 aliphatic carbocycles. The fourth-order valence-corrected chi connectivity index (χ4v) is 1.84. The predicted molar refractivity (Wildman–Crippen MR) is 69.5 cm³/mol. The summed E-state index contributed by atoms with van der Waals surface area (Å²) in [6.45, 7) is 0. The Morgan fingerprint density at radius 1 is 1.22 bits per heavy atom. The molecule has 0 saturated heterocycles. The van der Waals surface area contributed by atoms with E-state index in [1.165, 1.54) is 23.9 Å². The first-order valence-electron chi connectivity index (χ1n) is 5.23. The van der Waals surface area contributed by atoms with E-state index in [0.717, 1.165) is 0 Å². The number of amides is 1. The number of nitrogens with one attached hydrogen (secondary N) is 1. The van der Waals surface area contributed by atoms with Crippen LogP contribution < -0.4 is 5.32 Å². The number of aromatic nitrogens is 2. The predicted octanol–water partition coefficient (Wildman–Crippen LogP) is 1.91. The molecule has 1 aromatic carbocycles. The molecule has 92 valence electrons. The zero-order valence-corrected chi connectivity index (χ0v) is 10.2. The molecule has 0 radical (unpaired) electrons. The second-order valence-electron chi connectivity index (χ2n) is 3.42. The number of hydrogen-bond acceptors (Lipinski definition) is 5. The summed E-state index contributed by atoms with van der Waals surface area (Å²) >= 11 is 1.27. The Kier molecular flexibility index (Phi) is 4.14. The summed E-state index contributed by atoms with van der Waals surface area (Å²) in [5.74, 6) is 0.267. The molecular weight excluding hydrogens is 250 g/mol. The molecule has 0 aliphatic rings. The molecule has 1 amide bonds. The first-order chi connectivity index (χ1) is 8.74. The summed E-state index contributed by atoms with van der Waals surface area (Å²) in [5.41, 5.74) is 0.646. The van der Waals surface area contributed by atoms with Crippen molar-refractivity contribution < 1.29 is 9.90 Å². The molecule has 0 bridgehead atoms. The maximum atomic E-state index is 11.6. The van der Waals surface area contributed by atoms with Gasteiger partial charge in [-0.05, 0) is 30.3 Å². The van der Waals surface area contributed by atoms with Crippen molar-refractivity contribution in [2.45, 2.75) is 5.16 Å². The van der Waals surface area contributed by atoms with Gasteiger partial charge in [-0.1, -0.05) is 11.8 Å². The largest absolute Gasteiger partial charge is 0.508 e. The van der Waals surface area contributed by atoms with E-state index in [9.17, 15) is 4.79 Å². The van der Waals surface area contributed by atoms with Gasteiger partial charge in [0.2, 0.25) is 5.91 Å². The van der Waals surface area contributed by atoms with Crippen LogP contribution in [-0.2, 0) is 4.79 Å². The summed E-state index contributed by atoms with van der Waals surface area (Å²) in [5, 5.41) is 12.4. The Hall–Kier alpha value is -2.08. The van der Waals surface area contributed by atoms with Crippen LogP contribution in [-0.4, -0.2) is 26.7 Å². The van der Waals surface area contributed by atoms with Gasteiger partial charge in [-0.2, -0.15) is 0 Å². The van der Waals surface area contributed by atoms with Crippen LogP contribution in [0.3, 0.4) is 0 Å². The maximum Gasteiger partial charge on any atom is 0.234 e. The van der Waals surface area contributed by atoms with Crippen molar-refractivity contribution in [3.05, 3.63) is 42.7 Å². The Balaban J connectivity index is 1.84. The highest BCUT2D eigenvalue weighted by Crippen LogP contribution is 2.15. The van der Waals surface area contributed by atoms with Gasteiger partial charge in [0.1, 0.15) is 5.75 Å². The highest BCUT2D eigenvalue weighted by atomic mass is 32.2. The van der Waals surface area contributed by atoms with Gasteiger partial charge in [0, 0.05) is 18.1 Å². The van der Waals surface area contributed by atoms with Crippen molar-refractivity contribution in [1.29, 1.82) is 0 Å². The molecule has 0 atom stereocenters. The van der Waals surface area contributed by atoms with Crippen LogP contribution in [0, 0.1) is 0 Å². The lowest BCUT2D eigenvalue weighted by Gasteiger charge is -2.04. The number of hydrogen-bond donors (Lipinski definition) is 2. The molecule has 0 saturated carbocycles. The van der Waals surface area contributed by atoms with Gasteiger partial charge in [-0.25, -0.2) is 9.97 Å². The van der Waals surface area contributed by atoms with Crippen molar-refractivity contribution in [3.8, 4) is 5.75 Å². The number of aromatic hydroxyl groups is 1. The second kappa shape index (κ2) is 6.02. The van der Waals surface area contributed by atoms with E-state index in [4.69, 9.17) is 5.11 Å². The van der Waals surface area contributed by atoms with Crippen LogP contribution in [0.2, 0.25) is 0 Å². The Morgan fingerprint density at radius 3 is 2.56 bits per heavy atom. The fraction of sp³-hybridized carbons (Fsp3) is 0.0833. The smallest absolute Gasteiger partial charge is 0.234 e. The normalized spacial score (nSPS) is 10.0. The van der Waals surface area contributed by atoms with Crippen molar-refractivity contribution in [2.24, 2.45) is 0 Å². The maximum absolute atomic E-state index is 11.6. The zero-order chi connectivity index (χ0) is 12.8. The van der Waals surface area contributed by atoms with E-state index < -0.39 is 0 Å². The molecule has 1 aromatic heterocycles. The Bertz CT molecular complexity index is 517. The van der Waals surface area contributed by atoms with Gasteiger partial charge in [0.05, 0.1) is 5.75 Å². The Labute approximate surface area is 108 Å². The van der Waals surface area contributed by atoms with Crippen molar-refractivity contribution >= 4 is 23.4 Å².